The van der Waals surface area contributed by atoms with Crippen molar-refractivity contribution in [1.82, 2.24) is 19.7 Å². The van der Waals surface area contributed by atoms with Gasteiger partial charge in [0, 0.05) is 29.9 Å². The van der Waals surface area contributed by atoms with Crippen LogP contribution in [-0.4, -0.2) is 43.6 Å². The molecule has 8 nitrogen and oxygen atoms in total. The van der Waals surface area contributed by atoms with E-state index in [0.29, 0.717) is 54.1 Å². The predicted octanol–water partition coefficient (Wildman–Crippen LogP) is 4.38. The van der Waals surface area contributed by atoms with Crippen molar-refractivity contribution in [2.45, 2.75) is 77.5 Å². The van der Waals surface area contributed by atoms with Crippen molar-refractivity contribution in [2.75, 3.05) is 5.73 Å². The molecule has 1 saturated carbocycles. The third kappa shape index (κ3) is 4.92. The van der Waals surface area contributed by atoms with E-state index in [1.54, 1.807) is 12.4 Å². The first-order valence-corrected chi connectivity index (χ1v) is 12.2. The van der Waals surface area contributed by atoms with Crippen LogP contribution in [0.2, 0.25) is 5.02 Å². The number of nitrogens with zero attached hydrogens (tertiary/aromatic N) is 3. The van der Waals surface area contributed by atoms with Crippen molar-refractivity contribution in [1.29, 1.82) is 0 Å². The molecule has 3 aromatic rings. The summed E-state index contributed by atoms with van der Waals surface area (Å²) in [7, 11) is 0. The predicted molar refractivity (Wildman–Crippen MR) is 133 cm³/mol. The highest BCUT2D eigenvalue weighted by atomic mass is 35.5. The van der Waals surface area contributed by atoms with Crippen LogP contribution in [0.5, 0.6) is 5.75 Å². The molecule has 0 aliphatic heterocycles. The van der Waals surface area contributed by atoms with E-state index in [4.69, 9.17) is 27.1 Å². The molecule has 2 heterocycles. The standard InChI is InChI=1S/C25H31ClFN5O3/c1-12(2)35-22-17(13(3)24-30-14(4)21-23(28)29-9-10-32(21)24)11-18(26)20(27)19(22)25(34)31-15-5-7-16(33)8-6-15/h9-13,15-16,33H,5-8H2,1-4H3,(H2,28,29)(H,31,34)/t13?,15-,16+. The van der Waals surface area contributed by atoms with Gasteiger partial charge in [-0.15, -0.1) is 0 Å². The number of ether oxygens (including phenoxy) is 1. The van der Waals surface area contributed by atoms with Crippen LogP contribution < -0.4 is 15.8 Å². The number of anilines is 1. The van der Waals surface area contributed by atoms with Crippen LogP contribution in [0.25, 0.3) is 5.52 Å². The summed E-state index contributed by atoms with van der Waals surface area (Å²) in [5.41, 5.74) is 7.78. The molecule has 0 radical (unpaired) electrons. The van der Waals surface area contributed by atoms with E-state index in [2.05, 4.69) is 10.3 Å². The second kappa shape index (κ2) is 9.99. The monoisotopic (exact) mass is 503 g/mol. The topological polar surface area (TPSA) is 115 Å². The minimum absolute atomic E-state index is 0.138. The Labute approximate surface area is 208 Å². The number of amides is 1. The molecule has 2 aromatic heterocycles. The molecule has 0 bridgehead atoms. The minimum Gasteiger partial charge on any atom is -0.490 e. The van der Waals surface area contributed by atoms with Crippen molar-refractivity contribution in [3.63, 3.8) is 0 Å². The Morgan fingerprint density at radius 1 is 1.31 bits per heavy atom. The molecular weight excluding hydrogens is 473 g/mol. The van der Waals surface area contributed by atoms with Crippen molar-refractivity contribution < 1.29 is 19.0 Å². The second-order valence-corrected chi connectivity index (χ2v) is 9.83. The van der Waals surface area contributed by atoms with Crippen LogP contribution in [0, 0.1) is 12.7 Å². The maximum atomic E-state index is 15.4. The lowest BCUT2D eigenvalue weighted by atomic mass is 9.92. The van der Waals surface area contributed by atoms with Crippen LogP contribution >= 0.6 is 11.6 Å². The number of carbonyl (C=O) groups is 1. The lowest BCUT2D eigenvalue weighted by Gasteiger charge is -2.27. The number of hydrogen-bond donors (Lipinski definition) is 3. The third-order valence-corrected chi connectivity index (χ3v) is 6.73. The number of aryl methyl sites for hydroxylation is 1. The summed E-state index contributed by atoms with van der Waals surface area (Å²) in [6, 6.07) is 1.33. The Morgan fingerprint density at radius 3 is 2.66 bits per heavy atom. The summed E-state index contributed by atoms with van der Waals surface area (Å²) >= 11 is 6.31. The zero-order chi connectivity index (χ0) is 25.4. The number of aromatic nitrogens is 3. The molecule has 4 N–H and O–H groups in total. The maximum absolute atomic E-state index is 15.4. The summed E-state index contributed by atoms with van der Waals surface area (Å²) in [5, 5.41) is 12.5. The lowest BCUT2D eigenvalue weighted by molar-refractivity contribution is 0.0858. The maximum Gasteiger partial charge on any atom is 0.258 e. The molecule has 1 fully saturated rings. The van der Waals surface area contributed by atoms with Gasteiger partial charge >= 0.3 is 0 Å². The van der Waals surface area contributed by atoms with E-state index < -0.39 is 17.6 Å². The molecule has 1 atom stereocenters. The van der Waals surface area contributed by atoms with Crippen LogP contribution in [0.3, 0.4) is 0 Å². The average molecular weight is 504 g/mol. The third-order valence-electron chi connectivity index (χ3n) is 6.45. The van der Waals surface area contributed by atoms with Gasteiger partial charge in [0.25, 0.3) is 5.91 Å². The molecule has 0 saturated heterocycles. The van der Waals surface area contributed by atoms with E-state index >= 15 is 4.39 Å². The first-order valence-electron chi connectivity index (χ1n) is 11.8. The second-order valence-electron chi connectivity index (χ2n) is 9.42. The average Bonchev–Trinajstić information content (AvgIpc) is 3.14. The van der Waals surface area contributed by atoms with Crippen LogP contribution in [0.4, 0.5) is 10.2 Å². The number of benzene rings is 1. The van der Waals surface area contributed by atoms with Gasteiger partial charge in [0.05, 0.1) is 22.9 Å². The number of rotatable bonds is 6. The van der Waals surface area contributed by atoms with Crippen LogP contribution in [0.1, 0.15) is 79.8 Å². The van der Waals surface area contributed by atoms with Gasteiger partial charge in [-0.3, -0.25) is 9.20 Å². The molecule has 1 amide bonds. The molecule has 35 heavy (non-hydrogen) atoms. The SMILES string of the molecule is Cc1nc(C(C)c2cc(Cl)c(F)c(C(=O)N[C@H]3CC[C@@H](O)CC3)c2OC(C)C)n2ccnc(N)c12. The van der Waals surface area contributed by atoms with Gasteiger partial charge in [0.2, 0.25) is 0 Å². The van der Waals surface area contributed by atoms with E-state index in [-0.39, 0.29) is 34.6 Å². The number of nitrogens with two attached hydrogens (primary N) is 1. The zero-order valence-electron chi connectivity index (χ0n) is 20.3. The van der Waals surface area contributed by atoms with Crippen molar-refractivity contribution >= 4 is 28.8 Å². The van der Waals surface area contributed by atoms with Gasteiger partial charge in [0.15, 0.2) is 5.82 Å². The molecule has 10 heteroatoms. The quantitative estimate of drug-likeness (QED) is 0.459. The summed E-state index contributed by atoms with van der Waals surface area (Å²) in [5.74, 6) is -0.711. The number of nitrogens with one attached hydrogen (secondary N) is 1. The fraction of sp³-hybridized carbons (Fsp3) is 0.480. The Balaban J connectivity index is 1.81. The van der Waals surface area contributed by atoms with Gasteiger partial charge in [-0.25, -0.2) is 14.4 Å². The van der Waals surface area contributed by atoms with E-state index in [9.17, 15) is 9.90 Å². The highest BCUT2D eigenvalue weighted by Gasteiger charge is 2.31. The number of fused-ring (bicyclic) bond motifs is 1. The smallest absolute Gasteiger partial charge is 0.258 e. The number of aliphatic hydroxyl groups is 1. The Bertz CT molecular complexity index is 1250. The van der Waals surface area contributed by atoms with Gasteiger partial charge in [-0.2, -0.15) is 0 Å². The van der Waals surface area contributed by atoms with Gasteiger partial charge < -0.3 is 20.9 Å². The van der Waals surface area contributed by atoms with E-state index in [1.165, 1.54) is 6.07 Å². The first kappa shape index (κ1) is 25.2. The normalized spacial score (nSPS) is 19.2. The molecule has 188 valence electrons. The van der Waals surface area contributed by atoms with Gasteiger partial charge in [-0.05, 0) is 52.5 Å². The Morgan fingerprint density at radius 2 is 2.00 bits per heavy atom. The number of nitrogen functional groups attached to an aromatic ring is 1. The minimum atomic E-state index is -0.829. The van der Waals surface area contributed by atoms with Crippen molar-refractivity contribution in [2.24, 2.45) is 0 Å². The summed E-state index contributed by atoms with van der Waals surface area (Å²) in [6.45, 7) is 7.36. The van der Waals surface area contributed by atoms with E-state index in [1.807, 2.05) is 32.1 Å². The number of imidazole rings is 1. The number of halogens is 2. The van der Waals surface area contributed by atoms with Crippen LogP contribution in [-0.2, 0) is 0 Å². The molecular formula is C25H31ClFN5O3. The number of aliphatic hydroxyl groups excluding tert-OH is 1. The Kier molecular flexibility index (Phi) is 7.19. The Hall–Kier alpha value is -2.91. The van der Waals surface area contributed by atoms with Gasteiger partial charge in [-0.1, -0.05) is 18.5 Å². The number of carbonyl (C=O) groups excluding carboxylic acids is 1. The molecule has 1 aliphatic rings. The molecule has 1 aliphatic carbocycles. The highest BCUT2D eigenvalue weighted by Crippen LogP contribution is 2.40. The van der Waals surface area contributed by atoms with Crippen LogP contribution in [0.15, 0.2) is 18.5 Å². The summed E-state index contributed by atoms with van der Waals surface area (Å²) in [4.78, 5) is 22.2. The zero-order valence-corrected chi connectivity index (χ0v) is 21.1. The summed E-state index contributed by atoms with van der Waals surface area (Å²) in [6.07, 6.45) is 5.07. The highest BCUT2D eigenvalue weighted by molar-refractivity contribution is 6.31. The fourth-order valence-corrected chi connectivity index (χ4v) is 4.92. The fourth-order valence-electron chi connectivity index (χ4n) is 4.71. The summed E-state index contributed by atoms with van der Waals surface area (Å²) < 4.78 is 23.3. The first-order chi connectivity index (χ1) is 16.6. The van der Waals surface area contributed by atoms with Crippen molar-refractivity contribution in [3.05, 3.63) is 51.9 Å². The largest absolute Gasteiger partial charge is 0.490 e. The lowest BCUT2D eigenvalue weighted by Crippen LogP contribution is -2.39. The van der Waals surface area contributed by atoms with Gasteiger partial charge in [0.1, 0.15) is 28.5 Å². The molecule has 1 aromatic carbocycles. The van der Waals surface area contributed by atoms with Crippen molar-refractivity contribution in [3.8, 4) is 5.75 Å². The molecule has 1 unspecified atom stereocenters. The molecule has 4 rings (SSSR count). The van der Waals surface area contributed by atoms with E-state index in [0.717, 1.165) is 0 Å². The number of hydrogen-bond acceptors (Lipinski definition) is 6. The molecule has 0 spiro atoms.